The molecule has 1 aromatic carbocycles. The molecule has 1 aromatic heterocycles. The van der Waals surface area contributed by atoms with E-state index in [9.17, 15) is 0 Å². The van der Waals surface area contributed by atoms with Gasteiger partial charge >= 0.3 is 0 Å². The lowest BCUT2D eigenvalue weighted by molar-refractivity contribution is 0.341. The minimum atomic E-state index is 0.437. The molecular weight excluding hydrogens is 220 g/mol. The molecule has 1 heterocycles. The Hall–Kier alpha value is -1.73. The van der Waals surface area contributed by atoms with Gasteiger partial charge in [0.2, 0.25) is 0 Å². The summed E-state index contributed by atoms with van der Waals surface area (Å²) >= 11 is 1.41. The normalized spacial score (nSPS) is 10.2. The van der Waals surface area contributed by atoms with Gasteiger partial charge in [0.1, 0.15) is 5.75 Å². The highest BCUT2D eigenvalue weighted by molar-refractivity contribution is 7.16. The first-order chi connectivity index (χ1) is 7.76. The van der Waals surface area contributed by atoms with Crippen molar-refractivity contribution >= 4 is 21.6 Å². The van der Waals surface area contributed by atoms with Crippen molar-refractivity contribution in [2.24, 2.45) is 0 Å². The Kier molecular flexibility index (Phi) is 2.97. The fourth-order valence-electron chi connectivity index (χ4n) is 1.57. The predicted octanol–water partition coefficient (Wildman–Crippen LogP) is 2.21. The Balaban J connectivity index is 2.57. The average molecular weight is 232 g/mol. The summed E-state index contributed by atoms with van der Waals surface area (Å²) in [6.45, 7) is 3.04. The maximum Gasteiger partial charge on any atom is 0.183 e. The quantitative estimate of drug-likeness (QED) is 0.809. The zero-order chi connectivity index (χ0) is 11.5. The van der Waals surface area contributed by atoms with E-state index in [1.807, 2.05) is 29.7 Å². The van der Waals surface area contributed by atoms with E-state index in [1.54, 1.807) is 0 Å². The Bertz CT molecular complexity index is 603. The number of hydrogen-bond acceptors (Lipinski definition) is 3. The van der Waals surface area contributed by atoms with Crippen molar-refractivity contribution in [2.75, 3.05) is 6.61 Å². The lowest BCUT2D eigenvalue weighted by atomic mass is 10.3. The van der Waals surface area contributed by atoms with Crippen LogP contribution in [0.25, 0.3) is 10.2 Å². The van der Waals surface area contributed by atoms with Crippen LogP contribution >= 0.6 is 11.3 Å². The Morgan fingerprint density at radius 1 is 1.56 bits per heavy atom. The molecule has 0 atom stereocenters. The van der Waals surface area contributed by atoms with Crippen molar-refractivity contribution in [3.05, 3.63) is 23.0 Å². The second-order valence-corrected chi connectivity index (χ2v) is 4.29. The van der Waals surface area contributed by atoms with Crippen molar-refractivity contribution in [3.8, 4) is 18.1 Å². The van der Waals surface area contributed by atoms with Crippen LogP contribution in [0, 0.1) is 17.8 Å². The topological polar surface area (TPSA) is 38.0 Å². The van der Waals surface area contributed by atoms with Crippen molar-refractivity contribution in [3.63, 3.8) is 0 Å². The van der Waals surface area contributed by atoms with E-state index in [-0.39, 0.29) is 0 Å². The van der Waals surface area contributed by atoms with E-state index in [2.05, 4.69) is 5.92 Å². The summed E-state index contributed by atoms with van der Waals surface area (Å²) < 4.78 is 8.27. The summed E-state index contributed by atoms with van der Waals surface area (Å²) in [5.41, 5.74) is 0.997. The van der Waals surface area contributed by atoms with Gasteiger partial charge in [-0.2, -0.15) is 0 Å². The molecule has 0 aliphatic rings. The molecule has 0 amide bonds. The van der Waals surface area contributed by atoms with Gasteiger partial charge in [-0.05, 0) is 25.1 Å². The van der Waals surface area contributed by atoms with E-state index in [4.69, 9.17) is 16.6 Å². The number of ether oxygens (including phenoxy) is 1. The highest BCUT2D eigenvalue weighted by atomic mass is 32.1. The van der Waals surface area contributed by atoms with Gasteiger partial charge < -0.3 is 9.30 Å². The number of hydrogen-bond donors (Lipinski definition) is 1. The van der Waals surface area contributed by atoms with E-state index in [0.717, 1.165) is 16.0 Å². The molecule has 0 bridgehead atoms. The number of thiazole rings is 1. The highest BCUT2D eigenvalue weighted by Crippen LogP contribution is 2.23. The van der Waals surface area contributed by atoms with E-state index < -0.39 is 0 Å². The Morgan fingerprint density at radius 2 is 2.38 bits per heavy atom. The van der Waals surface area contributed by atoms with Gasteiger partial charge in [-0.15, -0.1) is 6.42 Å². The smallest absolute Gasteiger partial charge is 0.183 e. The number of rotatable bonds is 3. The second-order valence-electron chi connectivity index (χ2n) is 3.26. The van der Waals surface area contributed by atoms with E-state index >= 15 is 0 Å². The summed E-state index contributed by atoms with van der Waals surface area (Å²) in [7, 11) is 0. The Labute approximate surface area is 97.8 Å². The largest absolute Gasteiger partial charge is 0.494 e. The van der Waals surface area contributed by atoms with Crippen LogP contribution in [0.3, 0.4) is 0 Å². The lowest BCUT2D eigenvalue weighted by Crippen LogP contribution is -2.11. The third-order valence-corrected chi connectivity index (χ3v) is 3.19. The SMILES string of the molecule is C#CCn1c(=N)sc2cc(OCC)ccc21. The fraction of sp³-hybridized carbons (Fsp3) is 0.250. The van der Waals surface area contributed by atoms with Crippen LogP contribution in [0.5, 0.6) is 5.75 Å². The molecule has 3 nitrogen and oxygen atoms in total. The van der Waals surface area contributed by atoms with Crippen LogP contribution in [0.4, 0.5) is 0 Å². The maximum atomic E-state index is 7.82. The highest BCUT2D eigenvalue weighted by Gasteiger charge is 2.05. The van der Waals surface area contributed by atoms with E-state index in [0.29, 0.717) is 18.0 Å². The van der Waals surface area contributed by atoms with Crippen molar-refractivity contribution < 1.29 is 4.74 Å². The molecule has 0 radical (unpaired) electrons. The number of nitrogens with zero attached hydrogens (tertiary/aromatic N) is 1. The summed E-state index contributed by atoms with van der Waals surface area (Å²) in [6.07, 6.45) is 5.28. The molecule has 0 fully saturated rings. The predicted molar refractivity (Wildman–Crippen MR) is 65.7 cm³/mol. The van der Waals surface area contributed by atoms with Gasteiger partial charge in [0.15, 0.2) is 4.80 Å². The monoisotopic (exact) mass is 232 g/mol. The first-order valence-electron chi connectivity index (χ1n) is 5.00. The van der Waals surface area contributed by atoms with Gasteiger partial charge in [0.05, 0.1) is 23.4 Å². The molecule has 2 aromatic rings. The molecule has 0 spiro atoms. The minimum Gasteiger partial charge on any atom is -0.494 e. The van der Waals surface area contributed by atoms with Crippen molar-refractivity contribution in [1.29, 1.82) is 5.41 Å². The van der Waals surface area contributed by atoms with Gasteiger partial charge in [-0.25, -0.2) is 0 Å². The first-order valence-corrected chi connectivity index (χ1v) is 5.82. The summed E-state index contributed by atoms with van der Waals surface area (Å²) in [5, 5.41) is 7.82. The number of aromatic nitrogens is 1. The second kappa shape index (κ2) is 4.42. The van der Waals surface area contributed by atoms with Crippen LogP contribution in [0.15, 0.2) is 18.2 Å². The zero-order valence-electron chi connectivity index (χ0n) is 8.99. The van der Waals surface area contributed by atoms with Crippen LogP contribution in [-0.4, -0.2) is 11.2 Å². The van der Waals surface area contributed by atoms with Crippen LogP contribution < -0.4 is 9.54 Å². The van der Waals surface area contributed by atoms with Crippen molar-refractivity contribution in [1.82, 2.24) is 4.57 Å². The van der Waals surface area contributed by atoms with Crippen LogP contribution in [-0.2, 0) is 6.54 Å². The number of nitrogens with one attached hydrogen (secondary N) is 1. The Morgan fingerprint density at radius 3 is 3.06 bits per heavy atom. The van der Waals surface area contributed by atoms with Gasteiger partial charge in [0, 0.05) is 0 Å². The zero-order valence-corrected chi connectivity index (χ0v) is 9.80. The first kappa shape index (κ1) is 10.8. The molecule has 0 aliphatic heterocycles. The number of fused-ring (bicyclic) bond motifs is 1. The summed E-state index contributed by atoms with van der Waals surface area (Å²) in [5.74, 6) is 3.40. The van der Waals surface area contributed by atoms with E-state index in [1.165, 1.54) is 11.3 Å². The number of benzene rings is 1. The van der Waals surface area contributed by atoms with Crippen molar-refractivity contribution in [2.45, 2.75) is 13.5 Å². The minimum absolute atomic E-state index is 0.437. The molecule has 1 N–H and O–H groups in total. The molecular formula is C12H12N2OS. The van der Waals surface area contributed by atoms with Gasteiger partial charge in [-0.3, -0.25) is 5.41 Å². The maximum absolute atomic E-state index is 7.82. The summed E-state index contributed by atoms with van der Waals surface area (Å²) in [6, 6.07) is 5.81. The molecule has 0 saturated carbocycles. The standard InChI is InChI=1S/C12H12N2OS/c1-3-7-14-10-6-5-9(15-4-2)8-11(10)16-12(14)13/h1,5-6,8,13H,4,7H2,2H3. The molecule has 0 saturated heterocycles. The molecule has 2 rings (SSSR count). The molecule has 4 heteroatoms. The van der Waals surface area contributed by atoms with Gasteiger partial charge in [0.25, 0.3) is 0 Å². The third-order valence-electron chi connectivity index (χ3n) is 2.23. The lowest BCUT2D eigenvalue weighted by Gasteiger charge is -2.03. The van der Waals surface area contributed by atoms with Crippen LogP contribution in [0.1, 0.15) is 6.92 Å². The third kappa shape index (κ3) is 1.82. The molecule has 0 aliphatic carbocycles. The van der Waals surface area contributed by atoms with Crippen LogP contribution in [0.2, 0.25) is 0 Å². The summed E-state index contributed by atoms with van der Waals surface area (Å²) in [4.78, 5) is 0.474. The molecule has 16 heavy (non-hydrogen) atoms. The van der Waals surface area contributed by atoms with Gasteiger partial charge in [-0.1, -0.05) is 17.3 Å². The fourth-order valence-corrected chi connectivity index (χ4v) is 2.51. The number of terminal acetylenes is 1. The molecule has 82 valence electrons. The average Bonchev–Trinajstić information content (AvgIpc) is 2.56. The molecule has 0 unspecified atom stereocenters.